The van der Waals surface area contributed by atoms with Gasteiger partial charge >= 0.3 is 0 Å². The summed E-state index contributed by atoms with van der Waals surface area (Å²) in [5.41, 5.74) is 0. The summed E-state index contributed by atoms with van der Waals surface area (Å²) in [6.45, 7) is 0.736. The number of hydrogen-bond acceptors (Lipinski definition) is 4. The number of carbonyl (C=O) groups is 1. The van der Waals surface area contributed by atoms with Gasteiger partial charge in [-0.2, -0.15) is 0 Å². The lowest BCUT2D eigenvalue weighted by Crippen LogP contribution is -2.34. The van der Waals surface area contributed by atoms with E-state index in [1.54, 1.807) is 25.2 Å². The third kappa shape index (κ3) is 4.70. The number of amides is 1. The molecule has 0 aliphatic heterocycles. The highest BCUT2D eigenvalue weighted by molar-refractivity contribution is 5.77. The molecule has 116 valence electrons. The molecule has 2 aromatic carbocycles. The molecular weight excluding hydrogens is 282 g/mol. The molecule has 5 nitrogen and oxygen atoms in total. The van der Waals surface area contributed by atoms with Crippen LogP contribution in [-0.2, 0) is 4.79 Å². The molecule has 0 unspecified atom stereocenters. The van der Waals surface area contributed by atoms with Crippen molar-refractivity contribution in [2.75, 3.05) is 26.8 Å². The summed E-state index contributed by atoms with van der Waals surface area (Å²) in [6, 6.07) is 16.0. The van der Waals surface area contributed by atoms with Crippen LogP contribution < -0.4 is 9.47 Å². The Morgan fingerprint density at radius 1 is 1.05 bits per heavy atom. The standard InChI is InChI=1S/C17H19NO4/c1-18(11-12-21-14-7-3-2-4-8-14)17(20)13-22-16-10-6-5-9-15(16)19/h2-10,19H,11-13H2,1H3. The molecule has 0 atom stereocenters. The van der Waals surface area contributed by atoms with Gasteiger partial charge in [-0.25, -0.2) is 0 Å². The second-order valence-electron chi connectivity index (χ2n) is 4.73. The predicted octanol–water partition coefficient (Wildman–Crippen LogP) is 2.31. The molecule has 0 aliphatic carbocycles. The number of likely N-dealkylation sites (N-methyl/N-ethyl adjacent to an activating group) is 1. The number of rotatable bonds is 7. The SMILES string of the molecule is CN(CCOc1ccccc1)C(=O)COc1ccccc1O. The zero-order valence-corrected chi connectivity index (χ0v) is 12.4. The fourth-order valence-corrected chi connectivity index (χ4v) is 1.77. The Hall–Kier alpha value is -2.69. The van der Waals surface area contributed by atoms with Crippen molar-refractivity contribution >= 4 is 5.91 Å². The minimum atomic E-state index is -0.181. The van der Waals surface area contributed by atoms with E-state index in [0.29, 0.717) is 18.9 Å². The van der Waals surface area contributed by atoms with Crippen LogP contribution in [0.25, 0.3) is 0 Å². The van der Waals surface area contributed by atoms with Crippen molar-refractivity contribution < 1.29 is 19.4 Å². The summed E-state index contributed by atoms with van der Waals surface area (Å²) in [6.07, 6.45) is 0. The Bertz CT molecular complexity index is 601. The molecule has 0 bridgehead atoms. The van der Waals surface area contributed by atoms with Gasteiger partial charge in [-0.05, 0) is 24.3 Å². The quantitative estimate of drug-likeness (QED) is 0.852. The van der Waals surface area contributed by atoms with Gasteiger partial charge < -0.3 is 19.5 Å². The van der Waals surface area contributed by atoms with Gasteiger partial charge in [-0.15, -0.1) is 0 Å². The molecule has 0 radical (unpaired) electrons. The zero-order chi connectivity index (χ0) is 15.8. The first kappa shape index (κ1) is 15.7. The Morgan fingerprint density at radius 2 is 1.73 bits per heavy atom. The summed E-state index contributed by atoms with van der Waals surface area (Å²) in [5.74, 6) is 0.906. The first-order valence-electron chi connectivity index (χ1n) is 6.99. The van der Waals surface area contributed by atoms with E-state index in [0.717, 1.165) is 5.75 Å². The molecule has 0 spiro atoms. The number of phenols is 1. The van der Waals surface area contributed by atoms with Crippen LogP contribution in [0.3, 0.4) is 0 Å². The van der Waals surface area contributed by atoms with E-state index in [1.165, 1.54) is 11.0 Å². The van der Waals surface area contributed by atoms with Crippen LogP contribution in [0.4, 0.5) is 0 Å². The second kappa shape index (κ2) is 7.93. The highest BCUT2D eigenvalue weighted by atomic mass is 16.5. The number of phenolic OH excluding ortho intramolecular Hbond substituents is 1. The number of benzene rings is 2. The Morgan fingerprint density at radius 3 is 2.45 bits per heavy atom. The number of aromatic hydroxyl groups is 1. The lowest BCUT2D eigenvalue weighted by Gasteiger charge is -2.18. The molecule has 5 heteroatoms. The van der Waals surface area contributed by atoms with Gasteiger partial charge in [0, 0.05) is 7.05 Å². The van der Waals surface area contributed by atoms with Crippen LogP contribution in [0, 0.1) is 0 Å². The van der Waals surface area contributed by atoms with E-state index in [9.17, 15) is 9.90 Å². The molecule has 1 amide bonds. The normalized spacial score (nSPS) is 10.0. The Balaban J connectivity index is 1.72. The van der Waals surface area contributed by atoms with Gasteiger partial charge in [-0.3, -0.25) is 4.79 Å². The van der Waals surface area contributed by atoms with Crippen LogP contribution in [0.1, 0.15) is 0 Å². The third-order valence-electron chi connectivity index (χ3n) is 3.08. The van der Waals surface area contributed by atoms with Crippen LogP contribution in [0.2, 0.25) is 0 Å². The van der Waals surface area contributed by atoms with E-state index >= 15 is 0 Å². The number of ether oxygens (including phenoxy) is 2. The molecule has 0 saturated carbocycles. The Kier molecular flexibility index (Phi) is 5.65. The monoisotopic (exact) mass is 301 g/mol. The lowest BCUT2D eigenvalue weighted by molar-refractivity contribution is -0.132. The number of nitrogens with zero attached hydrogens (tertiary/aromatic N) is 1. The Labute approximate surface area is 129 Å². The maximum atomic E-state index is 11.9. The van der Waals surface area contributed by atoms with E-state index in [4.69, 9.17) is 9.47 Å². The predicted molar refractivity (Wildman–Crippen MR) is 83.2 cm³/mol. The molecule has 0 fully saturated rings. The summed E-state index contributed by atoms with van der Waals surface area (Å²) >= 11 is 0. The van der Waals surface area contributed by atoms with E-state index < -0.39 is 0 Å². The summed E-state index contributed by atoms with van der Waals surface area (Å²) < 4.78 is 10.8. The highest BCUT2D eigenvalue weighted by Gasteiger charge is 2.11. The molecule has 0 heterocycles. The zero-order valence-electron chi connectivity index (χ0n) is 12.4. The number of carbonyl (C=O) groups excluding carboxylic acids is 1. The first-order valence-corrected chi connectivity index (χ1v) is 6.99. The first-order chi connectivity index (χ1) is 10.7. The summed E-state index contributed by atoms with van der Waals surface area (Å²) in [4.78, 5) is 13.5. The van der Waals surface area contributed by atoms with Gasteiger partial charge in [0.05, 0.1) is 6.54 Å². The maximum Gasteiger partial charge on any atom is 0.260 e. The smallest absolute Gasteiger partial charge is 0.260 e. The average molecular weight is 301 g/mol. The fraction of sp³-hybridized carbons (Fsp3) is 0.235. The van der Waals surface area contributed by atoms with Gasteiger partial charge in [-0.1, -0.05) is 30.3 Å². The third-order valence-corrected chi connectivity index (χ3v) is 3.08. The number of hydrogen-bond donors (Lipinski definition) is 1. The fourth-order valence-electron chi connectivity index (χ4n) is 1.77. The maximum absolute atomic E-state index is 11.9. The molecule has 0 aliphatic rings. The molecule has 22 heavy (non-hydrogen) atoms. The van der Waals surface area contributed by atoms with Crippen molar-refractivity contribution in [2.24, 2.45) is 0 Å². The second-order valence-corrected chi connectivity index (χ2v) is 4.73. The van der Waals surface area contributed by atoms with Gasteiger partial charge in [0.15, 0.2) is 18.1 Å². The van der Waals surface area contributed by atoms with Gasteiger partial charge in [0.1, 0.15) is 12.4 Å². The van der Waals surface area contributed by atoms with Crippen molar-refractivity contribution in [1.82, 2.24) is 4.90 Å². The van der Waals surface area contributed by atoms with Crippen LogP contribution in [0.15, 0.2) is 54.6 Å². The molecule has 2 rings (SSSR count). The molecule has 0 saturated heterocycles. The molecule has 0 aromatic heterocycles. The topological polar surface area (TPSA) is 59.0 Å². The minimum absolute atomic E-state index is 0.0189. The van der Waals surface area contributed by atoms with Gasteiger partial charge in [0.2, 0.25) is 0 Å². The van der Waals surface area contributed by atoms with E-state index in [-0.39, 0.29) is 18.3 Å². The van der Waals surface area contributed by atoms with Crippen molar-refractivity contribution in [3.05, 3.63) is 54.6 Å². The van der Waals surface area contributed by atoms with E-state index in [2.05, 4.69) is 0 Å². The van der Waals surface area contributed by atoms with Crippen molar-refractivity contribution in [1.29, 1.82) is 0 Å². The number of para-hydroxylation sites is 3. The highest BCUT2D eigenvalue weighted by Crippen LogP contribution is 2.24. The van der Waals surface area contributed by atoms with Crippen molar-refractivity contribution in [2.45, 2.75) is 0 Å². The van der Waals surface area contributed by atoms with Crippen molar-refractivity contribution in [3.63, 3.8) is 0 Å². The summed E-state index contributed by atoms with van der Waals surface area (Å²) in [7, 11) is 1.69. The molecule has 2 aromatic rings. The average Bonchev–Trinajstić information content (AvgIpc) is 2.54. The lowest BCUT2D eigenvalue weighted by atomic mass is 10.3. The van der Waals surface area contributed by atoms with E-state index in [1.807, 2.05) is 30.3 Å². The minimum Gasteiger partial charge on any atom is -0.504 e. The van der Waals surface area contributed by atoms with Gasteiger partial charge in [0.25, 0.3) is 5.91 Å². The summed E-state index contributed by atoms with van der Waals surface area (Å²) in [5, 5.41) is 9.56. The van der Waals surface area contributed by atoms with Crippen LogP contribution in [-0.4, -0.2) is 42.7 Å². The van der Waals surface area contributed by atoms with Crippen molar-refractivity contribution in [3.8, 4) is 17.2 Å². The van der Waals surface area contributed by atoms with Crippen LogP contribution in [0.5, 0.6) is 17.2 Å². The molecular formula is C17H19NO4. The largest absolute Gasteiger partial charge is 0.504 e. The van der Waals surface area contributed by atoms with Crippen LogP contribution >= 0.6 is 0 Å². The molecule has 1 N–H and O–H groups in total.